The van der Waals surface area contributed by atoms with Crippen molar-refractivity contribution in [2.75, 3.05) is 5.73 Å². The number of phenols is 1. The van der Waals surface area contributed by atoms with Gasteiger partial charge in [-0.25, -0.2) is 4.39 Å². The average Bonchev–Trinajstić information content (AvgIpc) is 2.12. The first kappa shape index (κ1) is 7.86. The molecule has 2 aromatic carbocycles. The van der Waals surface area contributed by atoms with Gasteiger partial charge < -0.3 is 10.8 Å². The van der Waals surface area contributed by atoms with Crippen molar-refractivity contribution in [1.82, 2.24) is 0 Å². The number of benzene rings is 2. The summed E-state index contributed by atoms with van der Waals surface area (Å²) in [4.78, 5) is 0. The third-order valence-corrected chi connectivity index (χ3v) is 1.99. The maximum atomic E-state index is 13.3. The fourth-order valence-corrected chi connectivity index (χ4v) is 1.35. The van der Waals surface area contributed by atoms with Crippen molar-refractivity contribution < 1.29 is 9.50 Å². The molecule has 0 heterocycles. The van der Waals surface area contributed by atoms with Gasteiger partial charge in [-0.3, -0.25) is 0 Å². The highest BCUT2D eigenvalue weighted by Gasteiger charge is 2.07. The summed E-state index contributed by atoms with van der Waals surface area (Å²) in [6.45, 7) is 0. The maximum absolute atomic E-state index is 13.3. The molecule has 0 amide bonds. The molecule has 0 aliphatic heterocycles. The van der Waals surface area contributed by atoms with E-state index in [1.165, 1.54) is 6.07 Å². The lowest BCUT2D eigenvalue weighted by atomic mass is 10.1. The smallest absolute Gasteiger partial charge is 0.174 e. The summed E-state index contributed by atoms with van der Waals surface area (Å²) in [5, 5.41) is 10.1. The first-order valence-electron chi connectivity index (χ1n) is 3.86. The van der Waals surface area contributed by atoms with E-state index in [1.54, 1.807) is 24.3 Å². The standard InChI is InChI=1S/C10H8FNO/c11-10-8(13)5-4-6-2-1-3-7(12)9(6)10/h1-5,13H,12H2. The fourth-order valence-electron chi connectivity index (χ4n) is 1.35. The molecule has 3 N–H and O–H groups in total. The van der Waals surface area contributed by atoms with Gasteiger partial charge in [0.15, 0.2) is 11.6 Å². The summed E-state index contributed by atoms with van der Waals surface area (Å²) in [6.07, 6.45) is 0. The minimum atomic E-state index is -0.657. The van der Waals surface area contributed by atoms with Crippen molar-refractivity contribution >= 4 is 16.5 Å². The lowest BCUT2D eigenvalue weighted by Gasteiger charge is -2.03. The van der Waals surface area contributed by atoms with E-state index >= 15 is 0 Å². The van der Waals surface area contributed by atoms with Crippen LogP contribution in [-0.4, -0.2) is 5.11 Å². The number of halogens is 1. The molecule has 3 heteroatoms. The van der Waals surface area contributed by atoms with Gasteiger partial charge in [0.1, 0.15) is 0 Å². The second-order valence-electron chi connectivity index (χ2n) is 2.84. The van der Waals surface area contributed by atoms with E-state index in [9.17, 15) is 4.39 Å². The van der Waals surface area contributed by atoms with E-state index in [0.717, 1.165) is 0 Å². The zero-order chi connectivity index (χ0) is 9.42. The van der Waals surface area contributed by atoms with Gasteiger partial charge in [0.05, 0.1) is 0 Å². The topological polar surface area (TPSA) is 46.2 Å². The first-order chi connectivity index (χ1) is 6.20. The Morgan fingerprint density at radius 1 is 1.15 bits per heavy atom. The minimum absolute atomic E-state index is 0.280. The Hall–Kier alpha value is -1.77. The quantitative estimate of drug-likeness (QED) is 0.606. The summed E-state index contributed by atoms with van der Waals surface area (Å²) < 4.78 is 13.3. The highest BCUT2D eigenvalue weighted by atomic mass is 19.1. The predicted octanol–water partition coefficient (Wildman–Crippen LogP) is 2.27. The zero-order valence-corrected chi connectivity index (χ0v) is 6.79. The molecule has 0 atom stereocenters. The number of nitrogen functional groups attached to an aromatic ring is 1. The van der Waals surface area contributed by atoms with Crippen molar-refractivity contribution in [1.29, 1.82) is 0 Å². The Labute approximate surface area is 74.4 Å². The molecule has 0 aromatic heterocycles. The van der Waals surface area contributed by atoms with Crippen LogP contribution in [0.3, 0.4) is 0 Å². The predicted molar refractivity (Wildman–Crippen MR) is 50.0 cm³/mol. The van der Waals surface area contributed by atoms with Gasteiger partial charge in [0.2, 0.25) is 0 Å². The van der Waals surface area contributed by atoms with E-state index in [-0.39, 0.29) is 11.1 Å². The van der Waals surface area contributed by atoms with Crippen LogP contribution in [0.15, 0.2) is 30.3 Å². The van der Waals surface area contributed by atoms with Crippen molar-refractivity contribution in [3.63, 3.8) is 0 Å². The van der Waals surface area contributed by atoms with E-state index < -0.39 is 5.82 Å². The highest BCUT2D eigenvalue weighted by Crippen LogP contribution is 2.29. The molecule has 0 aliphatic carbocycles. The van der Waals surface area contributed by atoms with Crippen LogP contribution in [0.1, 0.15) is 0 Å². The van der Waals surface area contributed by atoms with Crippen LogP contribution in [0.25, 0.3) is 10.8 Å². The molecular formula is C10H8FNO. The van der Waals surface area contributed by atoms with Crippen molar-refractivity contribution in [3.8, 4) is 5.75 Å². The van der Waals surface area contributed by atoms with Crippen LogP contribution in [0.5, 0.6) is 5.75 Å². The van der Waals surface area contributed by atoms with Crippen molar-refractivity contribution in [3.05, 3.63) is 36.1 Å². The van der Waals surface area contributed by atoms with E-state index in [2.05, 4.69) is 0 Å². The number of rotatable bonds is 0. The molecule has 0 saturated carbocycles. The number of nitrogens with two attached hydrogens (primary N) is 1. The monoisotopic (exact) mass is 177 g/mol. The maximum Gasteiger partial charge on any atom is 0.174 e. The highest BCUT2D eigenvalue weighted by molar-refractivity contribution is 5.94. The van der Waals surface area contributed by atoms with E-state index in [0.29, 0.717) is 11.1 Å². The number of anilines is 1. The molecule has 0 bridgehead atoms. The van der Waals surface area contributed by atoms with Crippen LogP contribution in [0, 0.1) is 5.82 Å². The van der Waals surface area contributed by atoms with Crippen LogP contribution in [-0.2, 0) is 0 Å². The molecular weight excluding hydrogens is 169 g/mol. The molecule has 0 fully saturated rings. The summed E-state index contributed by atoms with van der Waals surface area (Å²) in [7, 11) is 0. The van der Waals surface area contributed by atoms with E-state index in [1.807, 2.05) is 0 Å². The number of phenolic OH excluding ortho intramolecular Hbond substituents is 1. The van der Waals surface area contributed by atoms with Gasteiger partial charge in [0.25, 0.3) is 0 Å². The van der Waals surface area contributed by atoms with Gasteiger partial charge in [-0.1, -0.05) is 18.2 Å². The van der Waals surface area contributed by atoms with Gasteiger partial charge in [-0.05, 0) is 17.5 Å². The number of fused-ring (bicyclic) bond motifs is 1. The molecule has 2 rings (SSSR count). The Bertz CT molecular complexity index is 468. The number of hydrogen-bond acceptors (Lipinski definition) is 2. The largest absolute Gasteiger partial charge is 0.505 e. The average molecular weight is 177 g/mol. The second kappa shape index (κ2) is 2.62. The summed E-state index contributed by atoms with van der Waals surface area (Å²) in [6, 6.07) is 8.04. The molecule has 0 spiro atoms. The molecule has 13 heavy (non-hydrogen) atoms. The summed E-state index contributed by atoms with van der Waals surface area (Å²) in [5.41, 5.74) is 5.91. The molecule has 2 nitrogen and oxygen atoms in total. The SMILES string of the molecule is Nc1cccc2ccc(O)c(F)c12. The fraction of sp³-hybridized carbons (Fsp3) is 0. The van der Waals surface area contributed by atoms with Gasteiger partial charge >= 0.3 is 0 Å². The Kier molecular flexibility index (Phi) is 1.59. The number of hydrogen-bond donors (Lipinski definition) is 2. The van der Waals surface area contributed by atoms with Crippen LogP contribution >= 0.6 is 0 Å². The minimum Gasteiger partial charge on any atom is -0.505 e. The normalized spacial score (nSPS) is 10.5. The van der Waals surface area contributed by atoms with Crippen LogP contribution < -0.4 is 5.73 Å². The van der Waals surface area contributed by atoms with Gasteiger partial charge in [-0.15, -0.1) is 0 Å². The Morgan fingerprint density at radius 3 is 2.69 bits per heavy atom. The molecule has 66 valence electrons. The van der Waals surface area contributed by atoms with Crippen LogP contribution in [0.4, 0.5) is 10.1 Å². The van der Waals surface area contributed by atoms with Crippen molar-refractivity contribution in [2.45, 2.75) is 0 Å². The second-order valence-corrected chi connectivity index (χ2v) is 2.84. The van der Waals surface area contributed by atoms with Crippen molar-refractivity contribution in [2.24, 2.45) is 0 Å². The van der Waals surface area contributed by atoms with Gasteiger partial charge in [0, 0.05) is 11.1 Å². The lowest BCUT2D eigenvalue weighted by Crippen LogP contribution is -1.89. The molecule has 2 aromatic rings. The summed E-state index contributed by atoms with van der Waals surface area (Å²) in [5.74, 6) is -1.03. The molecule has 0 saturated heterocycles. The third-order valence-electron chi connectivity index (χ3n) is 1.99. The number of aromatic hydroxyl groups is 1. The molecule has 0 unspecified atom stereocenters. The Balaban J connectivity index is 2.97. The van der Waals surface area contributed by atoms with E-state index in [4.69, 9.17) is 10.8 Å². The zero-order valence-electron chi connectivity index (χ0n) is 6.79. The first-order valence-corrected chi connectivity index (χ1v) is 3.86. The van der Waals surface area contributed by atoms with Gasteiger partial charge in [-0.2, -0.15) is 0 Å². The van der Waals surface area contributed by atoms with Crippen LogP contribution in [0.2, 0.25) is 0 Å². The molecule has 0 aliphatic rings. The molecule has 0 radical (unpaired) electrons. The lowest BCUT2D eigenvalue weighted by molar-refractivity contribution is 0.436. The Morgan fingerprint density at radius 2 is 1.92 bits per heavy atom. The third kappa shape index (κ3) is 1.09. The summed E-state index contributed by atoms with van der Waals surface area (Å²) >= 11 is 0.